The quantitative estimate of drug-likeness (QED) is 0.0195. The van der Waals surface area contributed by atoms with Crippen molar-refractivity contribution < 1.29 is 42.9 Å². The van der Waals surface area contributed by atoms with Crippen molar-refractivity contribution in [3.05, 3.63) is 48.6 Å². The maximum atomic E-state index is 12.9. The van der Waals surface area contributed by atoms with Gasteiger partial charge in [0, 0.05) is 12.8 Å². The van der Waals surface area contributed by atoms with Crippen molar-refractivity contribution >= 4 is 17.9 Å². The number of carboxylic acid groups (broad SMARTS) is 1. The highest BCUT2D eigenvalue weighted by molar-refractivity contribution is 5.70. The third kappa shape index (κ3) is 60.7. The van der Waals surface area contributed by atoms with E-state index in [4.69, 9.17) is 18.9 Å². The summed E-state index contributed by atoms with van der Waals surface area (Å²) in [6.45, 7) is 4.69. The first-order valence-corrected chi connectivity index (χ1v) is 32.8. The topological polar surface area (TPSA) is 111 Å². The van der Waals surface area contributed by atoms with Gasteiger partial charge in [0.05, 0.1) is 40.3 Å². The van der Waals surface area contributed by atoms with Crippen molar-refractivity contribution in [2.75, 3.05) is 47.5 Å². The van der Waals surface area contributed by atoms with E-state index in [1.54, 1.807) is 0 Å². The average molecular weight is 1080 g/mol. The summed E-state index contributed by atoms with van der Waals surface area (Å²) < 4.78 is 22.8. The number of hydrogen-bond donors (Lipinski definition) is 0. The Morgan fingerprint density at radius 1 is 0.403 bits per heavy atom. The molecule has 450 valence electrons. The molecule has 0 saturated heterocycles. The van der Waals surface area contributed by atoms with E-state index in [0.29, 0.717) is 23.9 Å². The molecule has 0 spiro atoms. The second-order valence-electron chi connectivity index (χ2n) is 23.4. The smallest absolute Gasteiger partial charge is 0.306 e. The lowest BCUT2D eigenvalue weighted by molar-refractivity contribution is -0.870. The zero-order valence-corrected chi connectivity index (χ0v) is 51.3. The summed E-state index contributed by atoms with van der Waals surface area (Å²) in [7, 11) is 5.94. The van der Waals surface area contributed by atoms with Gasteiger partial charge in [0.25, 0.3) is 0 Å². The summed E-state index contributed by atoms with van der Waals surface area (Å²) in [6, 6.07) is 0. The molecule has 2 unspecified atom stereocenters. The van der Waals surface area contributed by atoms with Crippen LogP contribution in [0.2, 0.25) is 0 Å². The number of hydrogen-bond acceptors (Lipinski definition) is 8. The van der Waals surface area contributed by atoms with E-state index in [9.17, 15) is 19.5 Å². The molecule has 0 rings (SSSR count). The lowest BCUT2D eigenvalue weighted by Crippen LogP contribution is -2.44. The minimum absolute atomic E-state index is 0.150. The van der Waals surface area contributed by atoms with E-state index in [1.165, 1.54) is 218 Å². The van der Waals surface area contributed by atoms with E-state index in [0.717, 1.165) is 57.8 Å². The predicted molar refractivity (Wildman–Crippen MR) is 325 cm³/mol. The number of aliphatic carboxylic acids is 1. The van der Waals surface area contributed by atoms with Crippen LogP contribution < -0.4 is 5.11 Å². The second kappa shape index (κ2) is 59.4. The number of quaternary nitrogens is 1. The highest BCUT2D eigenvalue weighted by Crippen LogP contribution is 2.18. The summed E-state index contributed by atoms with van der Waals surface area (Å²) >= 11 is 0. The van der Waals surface area contributed by atoms with Gasteiger partial charge in [-0.2, -0.15) is 0 Å². The van der Waals surface area contributed by atoms with Gasteiger partial charge >= 0.3 is 11.9 Å². The Morgan fingerprint density at radius 2 is 0.740 bits per heavy atom. The summed E-state index contributed by atoms with van der Waals surface area (Å²) in [5, 5.41) is 11.8. The Hall–Kier alpha value is -2.75. The van der Waals surface area contributed by atoms with Gasteiger partial charge < -0.3 is 33.3 Å². The molecule has 9 nitrogen and oxygen atoms in total. The number of carbonyl (C=O) groups excluding carboxylic acids is 3. The van der Waals surface area contributed by atoms with E-state index in [1.807, 2.05) is 21.1 Å². The van der Waals surface area contributed by atoms with Crippen LogP contribution in [-0.4, -0.2) is 82.3 Å². The van der Waals surface area contributed by atoms with Crippen LogP contribution >= 0.6 is 0 Å². The van der Waals surface area contributed by atoms with Crippen LogP contribution in [0.4, 0.5) is 0 Å². The SMILES string of the molecule is CC/C=C\C/C=C\C/C=C\C/C=C\CCCCCCCCCCCCCCCCCCC(=O)OC(COC(=O)CCCCCCCCCCCCCCCCCCCCCCCCC)COC(OCC[N+](C)(C)C)C(=O)[O-]. The van der Waals surface area contributed by atoms with Crippen LogP contribution in [0.3, 0.4) is 0 Å². The van der Waals surface area contributed by atoms with Crippen LogP contribution in [0.5, 0.6) is 0 Å². The lowest BCUT2D eigenvalue weighted by atomic mass is 10.0. The fraction of sp³-hybridized carbons (Fsp3) is 0.838. The normalized spacial score (nSPS) is 13.0. The first kappa shape index (κ1) is 74.2. The standard InChI is InChI=1S/C68H125NO8/c1-6-8-10-12-14-16-18-20-22-24-26-28-30-31-32-33-34-35-37-39-41-43-45-47-49-51-53-55-57-59-66(71)77-64(63-76-68(67(72)73)74-61-60-69(3,4)5)62-75-65(70)58-56-54-52-50-48-46-44-42-40-38-36-29-27-25-23-21-19-17-15-13-11-9-7-2/h8,10,14,16,20,22,26,28,64,68H,6-7,9,11-13,15,17-19,21,23-25,27,29-63H2,1-5H3/b10-8-,16-14-,22-20-,28-26-. The Balaban J connectivity index is 4.12. The van der Waals surface area contributed by atoms with E-state index in [-0.39, 0.29) is 32.2 Å². The summed E-state index contributed by atoms with van der Waals surface area (Å²) in [5.74, 6) is -2.26. The maximum absolute atomic E-state index is 12.9. The molecule has 2 atom stereocenters. The van der Waals surface area contributed by atoms with E-state index < -0.39 is 24.3 Å². The Bertz CT molecular complexity index is 1400. The van der Waals surface area contributed by atoms with Gasteiger partial charge in [-0.3, -0.25) is 9.59 Å². The van der Waals surface area contributed by atoms with Gasteiger partial charge in [-0.1, -0.05) is 294 Å². The van der Waals surface area contributed by atoms with Gasteiger partial charge in [0.2, 0.25) is 0 Å². The number of allylic oxidation sites excluding steroid dienone is 8. The summed E-state index contributed by atoms with van der Waals surface area (Å²) in [4.78, 5) is 37.4. The molecule has 0 N–H and O–H groups in total. The Labute approximate surface area is 476 Å². The maximum Gasteiger partial charge on any atom is 0.306 e. The van der Waals surface area contributed by atoms with Gasteiger partial charge in [-0.25, -0.2) is 0 Å². The fourth-order valence-corrected chi connectivity index (χ4v) is 9.59. The number of ether oxygens (including phenoxy) is 4. The highest BCUT2D eigenvalue weighted by Gasteiger charge is 2.22. The number of likely N-dealkylation sites (N-methyl/N-ethyl adjacent to an activating group) is 1. The van der Waals surface area contributed by atoms with Crippen molar-refractivity contribution in [2.24, 2.45) is 0 Å². The third-order valence-corrected chi connectivity index (χ3v) is 14.6. The molecule has 0 radical (unpaired) electrons. The largest absolute Gasteiger partial charge is 0.545 e. The zero-order valence-electron chi connectivity index (χ0n) is 51.3. The number of carboxylic acids is 1. The minimum atomic E-state index is -1.62. The van der Waals surface area contributed by atoms with Crippen molar-refractivity contribution in [3.8, 4) is 0 Å². The molecule has 0 aromatic rings. The van der Waals surface area contributed by atoms with Crippen LogP contribution in [0, 0.1) is 0 Å². The number of unbranched alkanes of at least 4 members (excludes halogenated alkanes) is 38. The van der Waals surface area contributed by atoms with Crippen molar-refractivity contribution in [3.63, 3.8) is 0 Å². The zero-order chi connectivity index (χ0) is 56.2. The van der Waals surface area contributed by atoms with Crippen LogP contribution in [0.25, 0.3) is 0 Å². The fourth-order valence-electron chi connectivity index (χ4n) is 9.59. The molecule has 0 amide bonds. The van der Waals surface area contributed by atoms with Crippen molar-refractivity contribution in [1.82, 2.24) is 0 Å². The van der Waals surface area contributed by atoms with Gasteiger partial charge in [0.1, 0.15) is 13.2 Å². The Morgan fingerprint density at radius 3 is 1.10 bits per heavy atom. The number of esters is 2. The molecular weight excluding hydrogens is 959 g/mol. The Kier molecular flexibility index (Phi) is 57.3. The molecule has 0 aliphatic heterocycles. The third-order valence-electron chi connectivity index (χ3n) is 14.6. The predicted octanol–water partition coefficient (Wildman–Crippen LogP) is 18.5. The van der Waals surface area contributed by atoms with Gasteiger partial charge in [0.15, 0.2) is 12.4 Å². The molecule has 0 aromatic carbocycles. The molecule has 0 aliphatic rings. The molecule has 0 aromatic heterocycles. The van der Waals surface area contributed by atoms with Gasteiger partial charge in [-0.15, -0.1) is 0 Å². The first-order valence-electron chi connectivity index (χ1n) is 32.8. The molecule has 77 heavy (non-hydrogen) atoms. The summed E-state index contributed by atoms with van der Waals surface area (Å²) in [5.41, 5.74) is 0. The minimum Gasteiger partial charge on any atom is -0.545 e. The van der Waals surface area contributed by atoms with E-state index in [2.05, 4.69) is 62.5 Å². The monoisotopic (exact) mass is 1080 g/mol. The molecule has 0 aliphatic carbocycles. The van der Waals surface area contributed by atoms with Crippen molar-refractivity contribution in [2.45, 2.75) is 322 Å². The summed E-state index contributed by atoms with van der Waals surface area (Å²) in [6.07, 6.45) is 71.8. The first-order chi connectivity index (χ1) is 37.6. The lowest BCUT2D eigenvalue weighted by Gasteiger charge is -2.26. The second-order valence-corrected chi connectivity index (χ2v) is 23.4. The number of nitrogens with zero attached hydrogens (tertiary/aromatic N) is 1. The number of carbonyl (C=O) groups is 3. The molecule has 0 fully saturated rings. The molecule has 9 heteroatoms. The van der Waals surface area contributed by atoms with Gasteiger partial charge in [-0.05, 0) is 51.4 Å². The van der Waals surface area contributed by atoms with E-state index >= 15 is 0 Å². The molecular formula is C68H125NO8. The molecule has 0 bridgehead atoms. The van der Waals surface area contributed by atoms with Crippen LogP contribution in [-0.2, 0) is 33.3 Å². The van der Waals surface area contributed by atoms with Crippen LogP contribution in [0.1, 0.15) is 309 Å². The number of rotatable bonds is 61. The van der Waals surface area contributed by atoms with Crippen LogP contribution in [0.15, 0.2) is 48.6 Å². The average Bonchev–Trinajstić information content (AvgIpc) is 3.40. The molecule has 0 heterocycles. The highest BCUT2D eigenvalue weighted by atomic mass is 16.7. The molecule has 0 saturated carbocycles. The van der Waals surface area contributed by atoms with Crippen molar-refractivity contribution in [1.29, 1.82) is 0 Å².